The van der Waals surface area contributed by atoms with Crippen LogP contribution >= 0.6 is 17.1 Å². The quantitative estimate of drug-likeness (QED) is 0.0798. The summed E-state index contributed by atoms with van der Waals surface area (Å²) in [6, 6.07) is 49.7. The number of aryl methyl sites for hydroxylation is 4. The largest absolute Gasteiger partial charge is 0.530 e. The molecule has 3 unspecified atom stereocenters. The second-order valence-electron chi connectivity index (χ2n) is 20.3. The third-order valence-corrected chi connectivity index (χ3v) is 18.1. The molecule has 0 aromatic heterocycles. The summed E-state index contributed by atoms with van der Waals surface area (Å²) < 4.78 is 33.7. The maximum Gasteiger partial charge on any atom is 0.530 e. The lowest BCUT2D eigenvalue weighted by molar-refractivity contribution is 0.0847. The zero-order chi connectivity index (χ0) is 50.0. The Morgan fingerprint density at radius 3 is 1.63 bits per heavy atom. The van der Waals surface area contributed by atoms with Crippen molar-refractivity contribution in [2.24, 2.45) is 0 Å². The van der Waals surface area contributed by atoms with Gasteiger partial charge in [-0.05, 0) is 137 Å². The highest BCUT2D eigenvalue weighted by atomic mass is 31.2. The molecule has 3 atom stereocenters. The fraction of sp³-hybridized carbons (Fsp3) is 0.328. The average molecular weight is 1010 g/mol. The molecule has 0 fully saturated rings. The topological polar surface area (TPSA) is 60.5 Å². The molecule has 9 heteroatoms. The number of nitrogens with zero attached hydrogens (tertiary/aromatic N) is 2. The van der Waals surface area contributed by atoms with Crippen molar-refractivity contribution in [3.8, 4) is 23.0 Å². The van der Waals surface area contributed by atoms with Crippen molar-refractivity contribution in [3.63, 3.8) is 0 Å². The van der Waals surface area contributed by atoms with E-state index in [2.05, 4.69) is 136 Å². The van der Waals surface area contributed by atoms with E-state index in [1.165, 1.54) is 55.6 Å². The van der Waals surface area contributed by atoms with Gasteiger partial charge in [0.25, 0.3) is 5.91 Å². The molecule has 0 N–H and O–H groups in total. The molecule has 0 saturated carbocycles. The van der Waals surface area contributed by atoms with Crippen LogP contribution in [0.4, 0.5) is 5.69 Å². The van der Waals surface area contributed by atoms with Gasteiger partial charge in [-0.3, -0.25) is 9.46 Å². The van der Waals surface area contributed by atoms with Crippen molar-refractivity contribution in [2.75, 3.05) is 11.7 Å². The van der Waals surface area contributed by atoms with Crippen LogP contribution in [-0.2, 0) is 38.6 Å². The summed E-state index contributed by atoms with van der Waals surface area (Å²) in [6.07, 6.45) is 13.7. The SMILES string of the molecule is CCCCc1cc(CCCC)c2c(c1)Cc1cc(CCCC)cc(CCCC)c1OP(Oc1cccc3c1C1c4ccccc4C3c3cccc(OP4N(Cc5ccccc5)C(=O)c5ccccc5N4C)c31)O2. The van der Waals surface area contributed by atoms with E-state index < -0.39 is 17.1 Å². The van der Waals surface area contributed by atoms with Crippen LogP contribution in [0.15, 0.2) is 140 Å². The Bertz CT molecular complexity index is 3070. The number of carbonyl (C=O) groups excluding carboxylic acids is 1. The molecule has 0 saturated heterocycles. The van der Waals surface area contributed by atoms with Crippen LogP contribution in [0.5, 0.6) is 23.0 Å². The summed E-state index contributed by atoms with van der Waals surface area (Å²) in [5, 5.41) is 0. The van der Waals surface area contributed by atoms with Gasteiger partial charge in [-0.1, -0.05) is 169 Å². The maximum atomic E-state index is 14.6. The number of para-hydroxylation sites is 1. The molecular weight excluding hydrogens is 939 g/mol. The summed E-state index contributed by atoms with van der Waals surface area (Å²) in [4.78, 5) is 14.6. The van der Waals surface area contributed by atoms with Gasteiger partial charge in [-0.25, -0.2) is 0 Å². The van der Waals surface area contributed by atoms with E-state index in [0.29, 0.717) is 12.1 Å². The van der Waals surface area contributed by atoms with Crippen LogP contribution in [0.2, 0.25) is 0 Å². The molecule has 5 aliphatic rings. The Morgan fingerprint density at radius 1 is 0.534 bits per heavy atom. The Labute approximate surface area is 435 Å². The standard InChI is InChI=1S/C64H68N2O5P2/c1-6-10-23-44-37-46(27-12-8-3)62-48(39-44)41-49-40-45(24-11-7-2)38-47(28-13-9-4)63(49)71-73(70-62)69-57-36-22-33-54-58-50-29-17-18-30-51(50)61(60(54)57)59-53(58)32-21-35-56(59)68-72-65(5)55-34-20-19-31-52(55)64(67)66(72)42-43-25-15-14-16-26-43/h14-22,25-26,29-40,58,61H,6-13,23-24,27-28,41-42H2,1-5H3. The Balaban J connectivity index is 1.03. The molecule has 1 amide bonds. The fourth-order valence-corrected chi connectivity index (χ4v) is 14.7. The second-order valence-corrected chi connectivity index (χ2v) is 23.1. The third-order valence-electron chi connectivity index (χ3n) is 15.3. The van der Waals surface area contributed by atoms with Crippen molar-refractivity contribution in [1.82, 2.24) is 4.67 Å². The van der Waals surface area contributed by atoms with Crippen LogP contribution in [0.3, 0.4) is 0 Å². The van der Waals surface area contributed by atoms with Crippen LogP contribution in [0, 0.1) is 0 Å². The predicted molar refractivity (Wildman–Crippen MR) is 299 cm³/mol. The molecule has 7 aromatic rings. The number of rotatable bonds is 18. The van der Waals surface area contributed by atoms with E-state index in [4.69, 9.17) is 18.1 Å². The average Bonchev–Trinajstić information content (AvgIpc) is 3.42. The Kier molecular flexibility index (Phi) is 14.6. The third kappa shape index (κ3) is 9.54. The van der Waals surface area contributed by atoms with Crippen LogP contribution in [-0.4, -0.2) is 17.6 Å². The van der Waals surface area contributed by atoms with Gasteiger partial charge in [0.2, 0.25) is 0 Å². The molecule has 2 heterocycles. The number of carbonyl (C=O) groups is 1. The lowest BCUT2D eigenvalue weighted by Crippen LogP contribution is -2.39. The monoisotopic (exact) mass is 1010 g/mol. The van der Waals surface area contributed by atoms with Crippen molar-refractivity contribution in [2.45, 2.75) is 130 Å². The summed E-state index contributed by atoms with van der Waals surface area (Å²) in [5.74, 6) is 3.07. The minimum atomic E-state index is -1.99. The van der Waals surface area contributed by atoms with E-state index in [9.17, 15) is 4.79 Å². The molecule has 0 radical (unpaired) electrons. The highest BCUT2D eigenvalue weighted by molar-refractivity contribution is 7.53. The van der Waals surface area contributed by atoms with Gasteiger partial charge in [0.1, 0.15) is 23.0 Å². The molecule has 0 spiro atoms. The first kappa shape index (κ1) is 49.1. The summed E-state index contributed by atoms with van der Waals surface area (Å²) in [6.45, 7) is 9.51. The molecule has 3 aliphatic carbocycles. The zero-order valence-corrected chi connectivity index (χ0v) is 45.0. The molecule has 374 valence electrons. The normalized spacial score (nSPS) is 17.2. The number of anilines is 1. The molecule has 73 heavy (non-hydrogen) atoms. The smallest absolute Gasteiger partial charge is 0.436 e. The lowest BCUT2D eigenvalue weighted by Gasteiger charge is -2.45. The van der Waals surface area contributed by atoms with Crippen molar-refractivity contribution in [3.05, 3.63) is 217 Å². The van der Waals surface area contributed by atoms with Crippen molar-refractivity contribution in [1.29, 1.82) is 0 Å². The molecular formula is C64H68N2O5P2. The highest BCUT2D eigenvalue weighted by Crippen LogP contribution is 2.63. The molecule has 7 nitrogen and oxygen atoms in total. The van der Waals surface area contributed by atoms with Crippen LogP contribution < -0.4 is 22.8 Å². The van der Waals surface area contributed by atoms with E-state index in [1.54, 1.807) is 0 Å². The van der Waals surface area contributed by atoms with E-state index in [0.717, 1.165) is 129 Å². The van der Waals surface area contributed by atoms with Crippen LogP contribution in [0.1, 0.15) is 174 Å². The number of unbranched alkanes of at least 4 members (excludes halogenated alkanes) is 4. The summed E-state index contributed by atoms with van der Waals surface area (Å²) in [5.41, 5.74) is 17.5. The van der Waals surface area contributed by atoms with E-state index in [1.807, 2.05) is 47.1 Å². The van der Waals surface area contributed by atoms with Crippen molar-refractivity contribution >= 4 is 28.6 Å². The number of amides is 1. The second kappa shape index (κ2) is 21.8. The molecule has 12 rings (SSSR count). The van der Waals surface area contributed by atoms with Gasteiger partial charge < -0.3 is 22.8 Å². The Hall–Kier alpha value is -6.13. The summed E-state index contributed by atoms with van der Waals surface area (Å²) in [7, 11) is -1.58. The van der Waals surface area contributed by atoms with Gasteiger partial charge in [0.15, 0.2) is 0 Å². The number of benzene rings is 7. The number of fused-ring (bicyclic) bond motifs is 3. The van der Waals surface area contributed by atoms with Gasteiger partial charge in [0.05, 0.1) is 17.8 Å². The molecule has 2 bridgehead atoms. The van der Waals surface area contributed by atoms with E-state index in [-0.39, 0.29) is 17.7 Å². The van der Waals surface area contributed by atoms with Gasteiger partial charge in [-0.2, -0.15) is 0 Å². The first-order chi connectivity index (χ1) is 35.9. The number of hydrogen-bond acceptors (Lipinski definition) is 6. The first-order valence-corrected chi connectivity index (χ1v) is 29.3. The first-order valence-electron chi connectivity index (χ1n) is 27.0. The van der Waals surface area contributed by atoms with Gasteiger partial charge >= 0.3 is 17.1 Å². The fourth-order valence-electron chi connectivity index (χ4n) is 11.7. The van der Waals surface area contributed by atoms with Gasteiger partial charge in [-0.15, -0.1) is 0 Å². The van der Waals surface area contributed by atoms with Gasteiger partial charge in [0, 0.05) is 36.4 Å². The number of hydrogen-bond donors (Lipinski definition) is 0. The van der Waals surface area contributed by atoms with E-state index >= 15 is 0 Å². The Morgan fingerprint density at radius 2 is 1.04 bits per heavy atom. The van der Waals surface area contributed by atoms with Crippen molar-refractivity contribution < 1.29 is 22.9 Å². The zero-order valence-electron chi connectivity index (χ0n) is 43.2. The highest BCUT2D eigenvalue weighted by Gasteiger charge is 2.47. The summed E-state index contributed by atoms with van der Waals surface area (Å²) >= 11 is 0. The maximum absolute atomic E-state index is 14.6. The predicted octanol–water partition coefficient (Wildman–Crippen LogP) is 17.1. The minimum absolute atomic E-state index is 0.0314. The minimum Gasteiger partial charge on any atom is -0.436 e. The lowest BCUT2D eigenvalue weighted by atomic mass is 9.61. The van der Waals surface area contributed by atoms with Crippen LogP contribution in [0.25, 0.3) is 0 Å². The molecule has 7 aromatic carbocycles. The molecule has 2 aliphatic heterocycles.